The van der Waals surface area contributed by atoms with E-state index in [1.54, 1.807) is 7.11 Å². The first-order valence-corrected chi connectivity index (χ1v) is 8.11. The minimum Gasteiger partial charge on any atom is -0.497 e. The maximum Gasteiger partial charge on any atom is 0.119 e. The van der Waals surface area contributed by atoms with Crippen LogP contribution in [0.15, 0.2) is 24.3 Å². The van der Waals surface area contributed by atoms with E-state index in [1.807, 2.05) is 28.9 Å². The van der Waals surface area contributed by atoms with Crippen LogP contribution < -0.4 is 9.47 Å². The van der Waals surface area contributed by atoms with Gasteiger partial charge in [-0.1, -0.05) is 11.6 Å². The average Bonchev–Trinajstić information content (AvgIpc) is 2.93. The standard InChI is InChI=1S/C17H23N3O3/c1-22-14-6-8-15(9-7-14)23-11-3-10-20-17(13-4-2-5-13)16(12-21)18-19-20/h6-9,13,21H,2-5,10-12H2,1H3. The van der Waals surface area contributed by atoms with Gasteiger partial charge in [-0.15, -0.1) is 5.10 Å². The van der Waals surface area contributed by atoms with Crippen LogP contribution in [0.5, 0.6) is 11.5 Å². The SMILES string of the molecule is COc1ccc(OCCCn2nnc(CO)c2C2CCC2)cc1. The molecule has 124 valence electrons. The monoisotopic (exact) mass is 317 g/mol. The van der Waals surface area contributed by atoms with E-state index in [-0.39, 0.29) is 6.61 Å². The smallest absolute Gasteiger partial charge is 0.119 e. The van der Waals surface area contributed by atoms with E-state index in [2.05, 4.69) is 10.3 Å². The van der Waals surface area contributed by atoms with Gasteiger partial charge in [0.15, 0.2) is 0 Å². The van der Waals surface area contributed by atoms with Gasteiger partial charge in [-0.2, -0.15) is 0 Å². The fourth-order valence-electron chi connectivity index (χ4n) is 2.84. The van der Waals surface area contributed by atoms with Crippen molar-refractivity contribution in [3.05, 3.63) is 35.7 Å². The molecule has 0 atom stereocenters. The van der Waals surface area contributed by atoms with Gasteiger partial charge in [0.05, 0.1) is 26.0 Å². The first-order valence-electron chi connectivity index (χ1n) is 8.11. The average molecular weight is 317 g/mol. The number of rotatable bonds is 8. The molecule has 1 aromatic heterocycles. The number of aliphatic hydroxyl groups is 1. The van der Waals surface area contributed by atoms with E-state index in [9.17, 15) is 5.11 Å². The number of aryl methyl sites for hydroxylation is 1. The van der Waals surface area contributed by atoms with Crippen molar-refractivity contribution >= 4 is 0 Å². The van der Waals surface area contributed by atoms with Crippen LogP contribution in [0.3, 0.4) is 0 Å². The first-order chi connectivity index (χ1) is 11.3. The maximum absolute atomic E-state index is 9.41. The van der Waals surface area contributed by atoms with Crippen LogP contribution in [0.25, 0.3) is 0 Å². The van der Waals surface area contributed by atoms with Gasteiger partial charge in [-0.05, 0) is 37.1 Å². The summed E-state index contributed by atoms with van der Waals surface area (Å²) < 4.78 is 12.8. The number of methoxy groups -OCH3 is 1. The molecule has 0 unspecified atom stereocenters. The zero-order valence-electron chi connectivity index (χ0n) is 13.4. The summed E-state index contributed by atoms with van der Waals surface area (Å²) in [7, 11) is 1.65. The Kier molecular flexibility index (Phi) is 5.12. The van der Waals surface area contributed by atoms with Gasteiger partial charge < -0.3 is 14.6 Å². The predicted octanol–water partition coefficient (Wildman–Crippen LogP) is 2.52. The molecule has 0 amide bonds. The van der Waals surface area contributed by atoms with Crippen LogP contribution in [0.1, 0.15) is 43.0 Å². The molecule has 6 nitrogen and oxygen atoms in total. The van der Waals surface area contributed by atoms with E-state index < -0.39 is 0 Å². The molecule has 1 N–H and O–H groups in total. The van der Waals surface area contributed by atoms with Gasteiger partial charge in [0.25, 0.3) is 0 Å². The molecule has 0 aliphatic heterocycles. The highest BCUT2D eigenvalue weighted by Crippen LogP contribution is 2.37. The molecule has 0 bridgehead atoms. The Labute approximate surface area is 136 Å². The molecular formula is C17H23N3O3. The number of benzene rings is 1. The lowest BCUT2D eigenvalue weighted by Crippen LogP contribution is -2.17. The normalized spacial score (nSPS) is 14.5. The highest BCUT2D eigenvalue weighted by Gasteiger charge is 2.27. The van der Waals surface area contributed by atoms with Crippen LogP contribution in [0.2, 0.25) is 0 Å². The highest BCUT2D eigenvalue weighted by molar-refractivity contribution is 5.31. The van der Waals surface area contributed by atoms with E-state index in [1.165, 1.54) is 19.3 Å². The van der Waals surface area contributed by atoms with Crippen molar-refractivity contribution in [2.24, 2.45) is 0 Å². The number of ether oxygens (including phenoxy) is 2. The minimum absolute atomic E-state index is 0.0336. The third-order valence-electron chi connectivity index (χ3n) is 4.33. The predicted molar refractivity (Wildman–Crippen MR) is 85.6 cm³/mol. The largest absolute Gasteiger partial charge is 0.497 e. The number of aromatic nitrogens is 3. The van der Waals surface area contributed by atoms with Crippen LogP contribution in [0, 0.1) is 0 Å². The van der Waals surface area contributed by atoms with Crippen molar-refractivity contribution in [2.45, 2.75) is 44.8 Å². The van der Waals surface area contributed by atoms with Crippen molar-refractivity contribution in [3.63, 3.8) is 0 Å². The summed E-state index contributed by atoms with van der Waals surface area (Å²) in [4.78, 5) is 0. The van der Waals surface area contributed by atoms with Crippen molar-refractivity contribution in [2.75, 3.05) is 13.7 Å². The highest BCUT2D eigenvalue weighted by atomic mass is 16.5. The summed E-state index contributed by atoms with van der Waals surface area (Å²) in [6, 6.07) is 7.57. The second-order valence-electron chi connectivity index (χ2n) is 5.81. The minimum atomic E-state index is -0.0336. The van der Waals surface area contributed by atoms with Crippen molar-refractivity contribution < 1.29 is 14.6 Å². The molecular weight excluding hydrogens is 294 g/mol. The molecule has 0 spiro atoms. The Hall–Kier alpha value is -2.08. The van der Waals surface area contributed by atoms with Gasteiger partial charge >= 0.3 is 0 Å². The molecule has 23 heavy (non-hydrogen) atoms. The van der Waals surface area contributed by atoms with Crippen LogP contribution in [-0.2, 0) is 13.2 Å². The van der Waals surface area contributed by atoms with E-state index in [0.717, 1.165) is 35.9 Å². The number of nitrogens with zero attached hydrogens (tertiary/aromatic N) is 3. The summed E-state index contributed by atoms with van der Waals surface area (Å²) in [5.41, 5.74) is 1.84. The van der Waals surface area contributed by atoms with Gasteiger partial charge in [0.1, 0.15) is 17.2 Å². The summed E-state index contributed by atoms with van der Waals surface area (Å²) in [5.74, 6) is 2.16. The molecule has 1 heterocycles. The van der Waals surface area contributed by atoms with E-state index in [0.29, 0.717) is 12.5 Å². The summed E-state index contributed by atoms with van der Waals surface area (Å²) >= 11 is 0. The molecule has 0 radical (unpaired) electrons. The molecule has 6 heteroatoms. The quantitative estimate of drug-likeness (QED) is 0.758. The number of hydrogen-bond donors (Lipinski definition) is 1. The van der Waals surface area contributed by atoms with Crippen LogP contribution in [-0.4, -0.2) is 33.8 Å². The Bertz CT molecular complexity index is 621. The van der Waals surface area contributed by atoms with Gasteiger partial charge in [-0.3, -0.25) is 0 Å². The molecule has 1 aliphatic rings. The maximum atomic E-state index is 9.41. The molecule has 3 rings (SSSR count). The second kappa shape index (κ2) is 7.46. The van der Waals surface area contributed by atoms with Gasteiger partial charge in [-0.25, -0.2) is 4.68 Å². The third kappa shape index (κ3) is 3.64. The lowest BCUT2D eigenvalue weighted by molar-refractivity contribution is 0.270. The number of hydrogen-bond acceptors (Lipinski definition) is 5. The van der Waals surface area contributed by atoms with Crippen LogP contribution in [0.4, 0.5) is 0 Å². The van der Waals surface area contributed by atoms with Crippen molar-refractivity contribution in [3.8, 4) is 11.5 Å². The fraction of sp³-hybridized carbons (Fsp3) is 0.529. The van der Waals surface area contributed by atoms with E-state index in [4.69, 9.17) is 9.47 Å². The van der Waals surface area contributed by atoms with Gasteiger partial charge in [0.2, 0.25) is 0 Å². The second-order valence-corrected chi connectivity index (χ2v) is 5.81. The van der Waals surface area contributed by atoms with Crippen molar-refractivity contribution in [1.82, 2.24) is 15.0 Å². The number of aliphatic hydroxyl groups excluding tert-OH is 1. The van der Waals surface area contributed by atoms with E-state index >= 15 is 0 Å². The van der Waals surface area contributed by atoms with Gasteiger partial charge in [0, 0.05) is 18.9 Å². The Morgan fingerprint density at radius 3 is 2.57 bits per heavy atom. The van der Waals surface area contributed by atoms with Crippen molar-refractivity contribution in [1.29, 1.82) is 0 Å². The lowest BCUT2D eigenvalue weighted by atomic mass is 9.82. The molecule has 0 saturated heterocycles. The summed E-state index contributed by atoms with van der Waals surface area (Å²) in [6.45, 7) is 1.34. The Morgan fingerprint density at radius 2 is 1.96 bits per heavy atom. The third-order valence-corrected chi connectivity index (χ3v) is 4.33. The fourth-order valence-corrected chi connectivity index (χ4v) is 2.84. The molecule has 1 fully saturated rings. The summed E-state index contributed by atoms with van der Waals surface area (Å²) in [6.07, 6.45) is 4.44. The first kappa shape index (κ1) is 15.8. The zero-order chi connectivity index (χ0) is 16.1. The summed E-state index contributed by atoms with van der Waals surface area (Å²) in [5, 5.41) is 17.7. The zero-order valence-corrected chi connectivity index (χ0v) is 13.4. The molecule has 2 aromatic rings. The Balaban J connectivity index is 1.51. The van der Waals surface area contributed by atoms with Crippen LogP contribution >= 0.6 is 0 Å². The lowest BCUT2D eigenvalue weighted by Gasteiger charge is -2.26. The molecule has 1 aliphatic carbocycles. The topological polar surface area (TPSA) is 69.4 Å². The molecule has 1 saturated carbocycles. The molecule has 1 aromatic carbocycles. The Morgan fingerprint density at radius 1 is 1.22 bits per heavy atom.